The van der Waals surface area contributed by atoms with Crippen LogP contribution in [0, 0.1) is 28.4 Å². The number of nitro groups is 1. The number of nitriles is 1. The van der Waals surface area contributed by atoms with E-state index in [1.807, 2.05) is 0 Å². The van der Waals surface area contributed by atoms with Gasteiger partial charge in [0.15, 0.2) is 5.76 Å². The van der Waals surface area contributed by atoms with Gasteiger partial charge in [-0.15, -0.1) is 0 Å². The molecule has 0 aliphatic carbocycles. The van der Waals surface area contributed by atoms with E-state index in [0.29, 0.717) is 18.0 Å². The predicted molar refractivity (Wildman–Crippen MR) is 66.4 cm³/mol. The molecule has 0 unspecified atom stereocenters. The molecule has 0 atom stereocenters. The van der Waals surface area contributed by atoms with E-state index >= 15 is 0 Å². The zero-order chi connectivity index (χ0) is 13.8. The molecule has 19 heavy (non-hydrogen) atoms. The molecule has 0 saturated heterocycles. The van der Waals surface area contributed by atoms with Crippen molar-refractivity contribution in [3.05, 3.63) is 51.4 Å². The number of nitrogens with zero attached hydrogens (tertiary/aromatic N) is 3. The van der Waals surface area contributed by atoms with E-state index in [-0.39, 0.29) is 11.3 Å². The summed E-state index contributed by atoms with van der Waals surface area (Å²) in [5, 5.41) is 26.3. The Labute approximate surface area is 108 Å². The Kier molecular flexibility index (Phi) is 3.43. The topological polar surface area (TPSA) is 105 Å². The molecule has 1 aromatic heterocycles. The number of benzene rings is 1. The lowest BCUT2D eigenvalue weighted by Gasteiger charge is -2.04. The average molecular weight is 258 g/mol. The highest BCUT2D eigenvalue weighted by molar-refractivity contribution is 5.59. The summed E-state index contributed by atoms with van der Waals surface area (Å²) in [4.78, 5) is 10.2. The van der Waals surface area contributed by atoms with Crippen molar-refractivity contribution in [1.82, 2.24) is 5.16 Å². The molecule has 0 saturated carbocycles. The minimum Gasteiger partial charge on any atom is -0.377 e. The molecule has 1 aromatic carbocycles. The lowest BCUT2D eigenvalue weighted by atomic mass is 10.2. The maximum atomic E-state index is 10.8. The van der Waals surface area contributed by atoms with Crippen molar-refractivity contribution in [2.45, 2.75) is 13.5 Å². The SMILES string of the molecule is Cc1cc(CNc2ccc(C#N)c([N+](=O)[O-])c2)on1. The summed E-state index contributed by atoms with van der Waals surface area (Å²) in [6.07, 6.45) is 0. The van der Waals surface area contributed by atoms with Gasteiger partial charge in [-0.1, -0.05) is 5.16 Å². The fourth-order valence-corrected chi connectivity index (χ4v) is 1.58. The van der Waals surface area contributed by atoms with Crippen molar-refractivity contribution in [3.63, 3.8) is 0 Å². The lowest BCUT2D eigenvalue weighted by molar-refractivity contribution is -0.385. The average Bonchev–Trinajstić information content (AvgIpc) is 2.81. The predicted octanol–water partition coefficient (Wildman–Crippen LogP) is 2.38. The van der Waals surface area contributed by atoms with Gasteiger partial charge in [-0.25, -0.2) is 0 Å². The molecule has 0 spiro atoms. The number of hydrogen-bond acceptors (Lipinski definition) is 6. The van der Waals surface area contributed by atoms with E-state index in [0.717, 1.165) is 5.69 Å². The highest BCUT2D eigenvalue weighted by Gasteiger charge is 2.14. The monoisotopic (exact) mass is 258 g/mol. The first-order valence-electron chi connectivity index (χ1n) is 5.45. The van der Waals surface area contributed by atoms with Crippen LogP contribution in [0.25, 0.3) is 0 Å². The van der Waals surface area contributed by atoms with Crippen molar-refractivity contribution >= 4 is 11.4 Å². The van der Waals surface area contributed by atoms with Crippen LogP contribution in [0.4, 0.5) is 11.4 Å². The number of aromatic nitrogens is 1. The third kappa shape index (κ3) is 2.87. The van der Waals surface area contributed by atoms with Crippen LogP contribution >= 0.6 is 0 Å². The summed E-state index contributed by atoms with van der Waals surface area (Å²) in [6.45, 7) is 2.17. The molecule has 2 aromatic rings. The summed E-state index contributed by atoms with van der Waals surface area (Å²) in [6, 6.07) is 7.89. The smallest absolute Gasteiger partial charge is 0.289 e. The van der Waals surface area contributed by atoms with Crippen LogP contribution in [0.2, 0.25) is 0 Å². The number of anilines is 1. The van der Waals surface area contributed by atoms with Gasteiger partial charge in [0.2, 0.25) is 0 Å². The second-order valence-electron chi connectivity index (χ2n) is 3.89. The standard InChI is InChI=1S/C12H10N4O3/c1-8-4-11(19-15-8)7-14-10-3-2-9(6-13)12(5-10)16(17)18/h2-5,14H,7H2,1H3. The van der Waals surface area contributed by atoms with Crippen LogP contribution in [0.15, 0.2) is 28.8 Å². The second-order valence-corrected chi connectivity index (χ2v) is 3.89. The number of hydrogen-bond donors (Lipinski definition) is 1. The van der Waals surface area contributed by atoms with Gasteiger partial charge in [-0.05, 0) is 19.1 Å². The first-order chi connectivity index (χ1) is 9.10. The van der Waals surface area contributed by atoms with Crippen molar-refractivity contribution in [3.8, 4) is 6.07 Å². The minimum atomic E-state index is -0.581. The maximum Gasteiger partial charge on any atom is 0.289 e. The van der Waals surface area contributed by atoms with Crippen LogP contribution in [0.1, 0.15) is 17.0 Å². The molecule has 7 heteroatoms. The zero-order valence-electron chi connectivity index (χ0n) is 10.1. The number of rotatable bonds is 4. The Morgan fingerprint density at radius 2 is 2.32 bits per heavy atom. The molecule has 1 N–H and O–H groups in total. The minimum absolute atomic E-state index is 0.0334. The number of aryl methyl sites for hydroxylation is 1. The Balaban J connectivity index is 2.15. The van der Waals surface area contributed by atoms with Crippen LogP contribution in [-0.2, 0) is 6.54 Å². The molecule has 0 aliphatic heterocycles. The summed E-state index contributed by atoms with van der Waals surface area (Å²) >= 11 is 0. The highest BCUT2D eigenvalue weighted by Crippen LogP contribution is 2.22. The summed E-state index contributed by atoms with van der Waals surface area (Å²) in [5.74, 6) is 0.629. The third-order valence-corrected chi connectivity index (χ3v) is 2.46. The van der Waals surface area contributed by atoms with Gasteiger partial charge in [-0.3, -0.25) is 10.1 Å². The largest absolute Gasteiger partial charge is 0.377 e. The molecule has 0 radical (unpaired) electrons. The van der Waals surface area contributed by atoms with Crippen LogP contribution in [0.5, 0.6) is 0 Å². The summed E-state index contributed by atoms with van der Waals surface area (Å²) < 4.78 is 5.01. The Hall–Kier alpha value is -2.88. The maximum absolute atomic E-state index is 10.8. The molecule has 0 fully saturated rings. The first kappa shape index (κ1) is 12.6. The Morgan fingerprint density at radius 1 is 1.53 bits per heavy atom. The fraction of sp³-hybridized carbons (Fsp3) is 0.167. The molecule has 7 nitrogen and oxygen atoms in total. The van der Waals surface area contributed by atoms with Crippen molar-refractivity contribution < 1.29 is 9.45 Å². The van der Waals surface area contributed by atoms with Gasteiger partial charge >= 0.3 is 0 Å². The van der Waals surface area contributed by atoms with E-state index in [9.17, 15) is 10.1 Å². The first-order valence-corrected chi connectivity index (χ1v) is 5.45. The molecular weight excluding hydrogens is 248 g/mol. The van der Waals surface area contributed by atoms with Crippen LogP contribution < -0.4 is 5.32 Å². The fourth-order valence-electron chi connectivity index (χ4n) is 1.58. The van der Waals surface area contributed by atoms with E-state index in [2.05, 4.69) is 10.5 Å². The molecule has 0 amide bonds. The second kappa shape index (κ2) is 5.18. The van der Waals surface area contributed by atoms with E-state index in [1.165, 1.54) is 12.1 Å². The Morgan fingerprint density at radius 3 is 2.89 bits per heavy atom. The van der Waals surface area contributed by atoms with E-state index in [4.69, 9.17) is 9.78 Å². The lowest BCUT2D eigenvalue weighted by Crippen LogP contribution is -2.00. The van der Waals surface area contributed by atoms with Crippen LogP contribution in [-0.4, -0.2) is 10.1 Å². The molecule has 0 bridgehead atoms. The van der Waals surface area contributed by atoms with Gasteiger partial charge < -0.3 is 9.84 Å². The van der Waals surface area contributed by atoms with Gasteiger partial charge in [0, 0.05) is 17.8 Å². The zero-order valence-corrected chi connectivity index (χ0v) is 10.1. The number of nitro benzene ring substituents is 1. The van der Waals surface area contributed by atoms with E-state index < -0.39 is 4.92 Å². The van der Waals surface area contributed by atoms with E-state index in [1.54, 1.807) is 25.1 Å². The third-order valence-electron chi connectivity index (χ3n) is 2.46. The normalized spacial score (nSPS) is 9.89. The van der Waals surface area contributed by atoms with Gasteiger partial charge in [0.25, 0.3) is 5.69 Å². The Bertz CT molecular complexity index is 657. The quantitative estimate of drug-likeness (QED) is 0.666. The summed E-state index contributed by atoms with van der Waals surface area (Å²) in [7, 11) is 0. The molecular formula is C12H10N4O3. The molecule has 96 valence electrons. The molecule has 1 heterocycles. The van der Waals surface area contributed by atoms with Gasteiger partial charge in [-0.2, -0.15) is 5.26 Å². The highest BCUT2D eigenvalue weighted by atomic mass is 16.6. The number of nitrogens with one attached hydrogen (secondary N) is 1. The van der Waals surface area contributed by atoms with Gasteiger partial charge in [0.1, 0.15) is 11.6 Å². The van der Waals surface area contributed by atoms with Crippen molar-refractivity contribution in [2.24, 2.45) is 0 Å². The molecule has 0 aliphatic rings. The van der Waals surface area contributed by atoms with Gasteiger partial charge in [0.05, 0.1) is 17.2 Å². The van der Waals surface area contributed by atoms with Crippen molar-refractivity contribution in [1.29, 1.82) is 5.26 Å². The van der Waals surface area contributed by atoms with Crippen molar-refractivity contribution in [2.75, 3.05) is 5.32 Å². The molecule has 2 rings (SSSR count). The summed E-state index contributed by atoms with van der Waals surface area (Å²) in [5.41, 5.74) is 1.12. The van der Waals surface area contributed by atoms with Crippen LogP contribution in [0.3, 0.4) is 0 Å².